The van der Waals surface area contributed by atoms with Crippen LogP contribution in [0.4, 0.5) is 18.9 Å². The van der Waals surface area contributed by atoms with Gasteiger partial charge in [0.05, 0.1) is 5.56 Å². The van der Waals surface area contributed by atoms with Gasteiger partial charge in [-0.15, -0.1) is 0 Å². The Balaban J connectivity index is 1.71. The average molecular weight is 417 g/mol. The van der Waals surface area contributed by atoms with E-state index in [1.54, 1.807) is 6.07 Å². The molecule has 1 aliphatic heterocycles. The summed E-state index contributed by atoms with van der Waals surface area (Å²) in [6, 6.07) is 8.58. The smallest absolute Gasteiger partial charge is 0.416 e. The largest absolute Gasteiger partial charge is 0.472 e. The van der Waals surface area contributed by atoms with Crippen molar-refractivity contribution in [1.82, 2.24) is 0 Å². The number of ether oxygens (including phenoxy) is 1. The maximum absolute atomic E-state index is 12.8. The van der Waals surface area contributed by atoms with Crippen molar-refractivity contribution in [2.45, 2.75) is 45.8 Å². The lowest BCUT2D eigenvalue weighted by Gasteiger charge is -2.32. The van der Waals surface area contributed by atoms with E-state index >= 15 is 0 Å². The van der Waals surface area contributed by atoms with Crippen LogP contribution in [0, 0.1) is 6.92 Å². The lowest BCUT2D eigenvalue weighted by Crippen LogP contribution is -2.32. The first-order chi connectivity index (χ1) is 14.3. The van der Waals surface area contributed by atoms with E-state index in [0.717, 1.165) is 53.5 Å². The van der Waals surface area contributed by atoms with Crippen molar-refractivity contribution < 1.29 is 22.3 Å². The summed E-state index contributed by atoms with van der Waals surface area (Å²) < 4.78 is 49.9. The number of fused-ring (bicyclic) bond motifs is 2. The number of rotatable bonds is 4. The van der Waals surface area contributed by atoms with Crippen LogP contribution >= 0.6 is 0 Å². The molecule has 0 N–H and O–H groups in total. The minimum atomic E-state index is -4.36. The summed E-state index contributed by atoms with van der Waals surface area (Å²) in [6.45, 7) is 4.65. The van der Waals surface area contributed by atoms with Crippen LogP contribution in [0.1, 0.15) is 42.0 Å². The van der Waals surface area contributed by atoms with Gasteiger partial charge in [0, 0.05) is 34.8 Å². The summed E-state index contributed by atoms with van der Waals surface area (Å²) in [5.41, 5.74) is 2.76. The lowest BCUT2D eigenvalue weighted by molar-refractivity contribution is -0.137. The summed E-state index contributed by atoms with van der Waals surface area (Å²) in [7, 11) is 0. The molecular weight excluding hydrogens is 395 g/mol. The molecule has 0 aliphatic carbocycles. The molecule has 158 valence electrons. The maximum Gasteiger partial charge on any atom is 0.416 e. The fraction of sp³-hybridized carbons (Fsp3) is 0.348. The van der Waals surface area contributed by atoms with Crippen LogP contribution in [-0.4, -0.2) is 6.73 Å². The third-order valence-corrected chi connectivity index (χ3v) is 5.46. The molecule has 0 fully saturated rings. The molecular formula is C23H22F3NO3. The van der Waals surface area contributed by atoms with Gasteiger partial charge in [-0.25, -0.2) is 4.79 Å². The summed E-state index contributed by atoms with van der Waals surface area (Å²) in [5, 5.41) is 0.886. The number of benzene rings is 2. The Kier molecular flexibility index (Phi) is 5.22. The standard InChI is InChI=1S/C23H22F3NO3/c1-3-4-5-15-11-20(28)30-22-14(2)21-16(10-19(15)22)12-27(13-29-21)18-8-6-17(7-9-18)23(24,25)26/h6-11H,3-5,12-13H2,1-2H3. The molecule has 0 atom stereocenters. The van der Waals surface area contributed by atoms with Crippen molar-refractivity contribution in [2.75, 3.05) is 11.6 Å². The lowest BCUT2D eigenvalue weighted by atomic mass is 9.98. The van der Waals surface area contributed by atoms with Crippen molar-refractivity contribution in [3.05, 3.63) is 69.1 Å². The quantitative estimate of drug-likeness (QED) is 0.502. The monoisotopic (exact) mass is 417 g/mol. The third kappa shape index (κ3) is 3.76. The summed E-state index contributed by atoms with van der Waals surface area (Å²) in [5.74, 6) is 0.668. The van der Waals surface area contributed by atoms with E-state index in [4.69, 9.17) is 9.15 Å². The zero-order chi connectivity index (χ0) is 21.5. The van der Waals surface area contributed by atoms with Gasteiger partial charge in [0.25, 0.3) is 0 Å². The fourth-order valence-corrected chi connectivity index (χ4v) is 3.88. The molecule has 4 nitrogen and oxygen atoms in total. The molecule has 1 aliphatic rings. The van der Waals surface area contributed by atoms with Gasteiger partial charge in [-0.05, 0) is 55.7 Å². The van der Waals surface area contributed by atoms with E-state index < -0.39 is 11.7 Å². The molecule has 2 aromatic carbocycles. The number of hydrogen-bond acceptors (Lipinski definition) is 4. The highest BCUT2D eigenvalue weighted by molar-refractivity contribution is 5.86. The second-order valence-electron chi connectivity index (χ2n) is 7.58. The first-order valence-corrected chi connectivity index (χ1v) is 9.92. The van der Waals surface area contributed by atoms with Crippen LogP contribution in [0.2, 0.25) is 0 Å². The highest BCUT2D eigenvalue weighted by Crippen LogP contribution is 2.38. The fourth-order valence-electron chi connectivity index (χ4n) is 3.88. The second-order valence-corrected chi connectivity index (χ2v) is 7.58. The van der Waals surface area contributed by atoms with E-state index in [9.17, 15) is 18.0 Å². The molecule has 0 radical (unpaired) electrons. The molecule has 0 amide bonds. The Morgan fingerprint density at radius 1 is 1.13 bits per heavy atom. The number of alkyl halides is 3. The molecule has 0 saturated heterocycles. The van der Waals surface area contributed by atoms with Gasteiger partial charge >= 0.3 is 11.8 Å². The Hall–Kier alpha value is -2.96. The number of unbranched alkanes of at least 4 members (excludes halogenated alkanes) is 1. The molecule has 1 aromatic heterocycles. The van der Waals surface area contributed by atoms with Crippen LogP contribution in [0.5, 0.6) is 5.75 Å². The van der Waals surface area contributed by atoms with Crippen molar-refractivity contribution in [1.29, 1.82) is 0 Å². The average Bonchev–Trinajstić information content (AvgIpc) is 2.72. The van der Waals surface area contributed by atoms with Crippen molar-refractivity contribution in [2.24, 2.45) is 0 Å². The zero-order valence-electron chi connectivity index (χ0n) is 16.8. The van der Waals surface area contributed by atoms with Gasteiger partial charge in [-0.2, -0.15) is 13.2 Å². The molecule has 4 rings (SSSR count). The second kappa shape index (κ2) is 7.70. The van der Waals surface area contributed by atoms with Gasteiger partial charge in [-0.3, -0.25) is 0 Å². The Labute approximate surface area is 171 Å². The molecule has 7 heteroatoms. The minimum absolute atomic E-state index is 0.199. The van der Waals surface area contributed by atoms with Gasteiger partial charge in [0.2, 0.25) is 0 Å². The van der Waals surface area contributed by atoms with Crippen LogP contribution < -0.4 is 15.3 Å². The van der Waals surface area contributed by atoms with E-state index in [2.05, 4.69) is 6.92 Å². The molecule has 0 spiro atoms. The highest BCUT2D eigenvalue weighted by Gasteiger charge is 2.30. The molecule has 0 bridgehead atoms. The molecule has 0 saturated carbocycles. The summed E-state index contributed by atoms with van der Waals surface area (Å²) in [4.78, 5) is 13.9. The molecule has 2 heterocycles. The number of nitrogens with zero attached hydrogens (tertiary/aromatic N) is 1. The molecule has 3 aromatic rings. The van der Waals surface area contributed by atoms with E-state index in [-0.39, 0.29) is 12.4 Å². The predicted octanol–water partition coefficient (Wildman–Crippen LogP) is 5.82. The normalized spacial score (nSPS) is 14.0. The summed E-state index contributed by atoms with van der Waals surface area (Å²) in [6.07, 6.45) is -1.61. The number of halogens is 3. The van der Waals surface area contributed by atoms with E-state index in [1.807, 2.05) is 17.9 Å². The van der Waals surface area contributed by atoms with Crippen molar-refractivity contribution >= 4 is 16.7 Å². The highest BCUT2D eigenvalue weighted by atomic mass is 19.4. The first-order valence-electron chi connectivity index (χ1n) is 9.92. The van der Waals surface area contributed by atoms with Crippen LogP contribution in [0.3, 0.4) is 0 Å². The molecule has 0 unspecified atom stereocenters. The van der Waals surface area contributed by atoms with Crippen LogP contribution in [-0.2, 0) is 19.1 Å². The predicted molar refractivity (Wildman–Crippen MR) is 109 cm³/mol. The van der Waals surface area contributed by atoms with Crippen molar-refractivity contribution in [3.63, 3.8) is 0 Å². The zero-order valence-corrected chi connectivity index (χ0v) is 16.8. The first kappa shape index (κ1) is 20.3. The topological polar surface area (TPSA) is 42.7 Å². The Morgan fingerprint density at radius 3 is 2.53 bits per heavy atom. The van der Waals surface area contributed by atoms with Gasteiger partial charge in [0.15, 0.2) is 6.73 Å². The van der Waals surface area contributed by atoms with E-state index in [0.29, 0.717) is 23.6 Å². The van der Waals surface area contributed by atoms with Gasteiger partial charge in [-0.1, -0.05) is 13.3 Å². The number of hydrogen-bond donors (Lipinski definition) is 0. The number of anilines is 1. The van der Waals surface area contributed by atoms with Gasteiger partial charge in [0.1, 0.15) is 11.3 Å². The third-order valence-electron chi connectivity index (χ3n) is 5.46. The summed E-state index contributed by atoms with van der Waals surface area (Å²) >= 11 is 0. The minimum Gasteiger partial charge on any atom is -0.472 e. The Morgan fingerprint density at radius 2 is 1.87 bits per heavy atom. The Bertz CT molecular complexity index is 1130. The maximum atomic E-state index is 12.8. The van der Waals surface area contributed by atoms with E-state index in [1.165, 1.54) is 12.1 Å². The van der Waals surface area contributed by atoms with Gasteiger partial charge < -0.3 is 14.1 Å². The van der Waals surface area contributed by atoms with Crippen LogP contribution in [0.15, 0.2) is 45.6 Å². The van der Waals surface area contributed by atoms with Crippen molar-refractivity contribution in [3.8, 4) is 5.75 Å². The van der Waals surface area contributed by atoms with Crippen LogP contribution in [0.25, 0.3) is 11.0 Å². The number of aryl methyl sites for hydroxylation is 2. The SMILES string of the molecule is CCCCc1cc(=O)oc2c(C)c3c(cc12)CN(c1ccc(C(F)(F)F)cc1)CO3. The molecule has 30 heavy (non-hydrogen) atoms.